The zero-order chi connectivity index (χ0) is 18.1. The van der Waals surface area contributed by atoms with Gasteiger partial charge in [-0.2, -0.15) is 0 Å². The first-order chi connectivity index (χ1) is 12.5. The lowest BCUT2D eigenvalue weighted by molar-refractivity contribution is 0.475. The molecular weight excluding hydrogens is 350 g/mol. The van der Waals surface area contributed by atoms with Gasteiger partial charge in [-0.05, 0) is 48.5 Å². The molecule has 0 saturated heterocycles. The molecule has 4 aromatic rings. The minimum absolute atomic E-state index is 0.0100. The van der Waals surface area contributed by atoms with Crippen molar-refractivity contribution in [2.75, 3.05) is 4.72 Å². The van der Waals surface area contributed by atoms with Crippen molar-refractivity contribution in [3.8, 4) is 17.1 Å². The van der Waals surface area contributed by atoms with E-state index in [1.807, 2.05) is 30.3 Å². The number of rotatable bonds is 4. The first-order valence-electron chi connectivity index (χ1n) is 7.88. The third-order valence-corrected chi connectivity index (χ3v) is 5.32. The van der Waals surface area contributed by atoms with E-state index < -0.39 is 10.0 Å². The second kappa shape index (κ2) is 6.20. The molecule has 0 bridgehead atoms. The highest BCUT2D eigenvalue weighted by molar-refractivity contribution is 7.92. The standard InChI is InChI=1S/C19H15N3O3S/c23-15-8-10-16(11-9-15)26(24,25)22-14-5-3-4-13(12-14)19-20-17-6-1-2-7-18(17)21-19/h1-12,22-23H,(H,20,21). The molecule has 6 nitrogen and oxygen atoms in total. The van der Waals surface area contributed by atoms with Crippen molar-refractivity contribution in [2.24, 2.45) is 0 Å². The predicted octanol–water partition coefficient (Wildman–Crippen LogP) is 3.74. The summed E-state index contributed by atoms with van der Waals surface area (Å²) in [5.41, 5.74) is 2.96. The van der Waals surface area contributed by atoms with Gasteiger partial charge in [0.15, 0.2) is 0 Å². The summed E-state index contributed by atoms with van der Waals surface area (Å²) < 4.78 is 27.5. The summed E-state index contributed by atoms with van der Waals surface area (Å²) in [6.45, 7) is 0. The van der Waals surface area contributed by atoms with Crippen LogP contribution in [0.25, 0.3) is 22.4 Å². The average Bonchev–Trinajstić information content (AvgIpc) is 3.06. The molecule has 0 atom stereocenters. The van der Waals surface area contributed by atoms with Crippen LogP contribution in [0.3, 0.4) is 0 Å². The highest BCUT2D eigenvalue weighted by Gasteiger charge is 2.15. The van der Waals surface area contributed by atoms with Crippen molar-refractivity contribution >= 4 is 26.7 Å². The van der Waals surface area contributed by atoms with Crippen LogP contribution in [0.5, 0.6) is 5.75 Å². The van der Waals surface area contributed by atoms with Gasteiger partial charge in [-0.25, -0.2) is 13.4 Å². The van der Waals surface area contributed by atoms with Crippen molar-refractivity contribution in [1.29, 1.82) is 0 Å². The number of para-hydroxylation sites is 2. The van der Waals surface area contributed by atoms with Crippen LogP contribution in [-0.4, -0.2) is 23.5 Å². The second-order valence-corrected chi connectivity index (χ2v) is 7.47. The number of phenols is 1. The Hall–Kier alpha value is -3.32. The van der Waals surface area contributed by atoms with Gasteiger partial charge in [-0.15, -0.1) is 0 Å². The molecule has 3 aromatic carbocycles. The van der Waals surface area contributed by atoms with Crippen LogP contribution in [0.1, 0.15) is 0 Å². The summed E-state index contributed by atoms with van der Waals surface area (Å²) in [4.78, 5) is 7.83. The monoisotopic (exact) mass is 365 g/mol. The summed E-state index contributed by atoms with van der Waals surface area (Å²) in [5, 5.41) is 9.31. The minimum Gasteiger partial charge on any atom is -0.508 e. The zero-order valence-electron chi connectivity index (χ0n) is 13.5. The first kappa shape index (κ1) is 16.2. The molecule has 130 valence electrons. The summed E-state index contributed by atoms with van der Waals surface area (Å²) in [6.07, 6.45) is 0. The Bertz CT molecular complexity index is 1150. The molecule has 1 aromatic heterocycles. The van der Waals surface area contributed by atoms with Gasteiger partial charge in [0.05, 0.1) is 15.9 Å². The Morgan fingerprint density at radius 1 is 0.923 bits per heavy atom. The van der Waals surface area contributed by atoms with Crippen LogP contribution < -0.4 is 4.72 Å². The minimum atomic E-state index is -3.75. The molecule has 4 rings (SSSR count). The summed E-state index contributed by atoms with van der Waals surface area (Å²) in [7, 11) is -3.75. The van der Waals surface area contributed by atoms with E-state index in [1.54, 1.807) is 18.2 Å². The van der Waals surface area contributed by atoms with Gasteiger partial charge in [-0.3, -0.25) is 4.72 Å². The molecule has 3 N–H and O–H groups in total. The molecule has 0 aliphatic rings. The average molecular weight is 365 g/mol. The molecule has 0 aliphatic carbocycles. The number of nitrogens with one attached hydrogen (secondary N) is 2. The number of phenolic OH excluding ortho intramolecular Hbond substituents is 1. The molecular formula is C19H15N3O3S. The van der Waals surface area contributed by atoms with Crippen molar-refractivity contribution in [1.82, 2.24) is 9.97 Å². The van der Waals surface area contributed by atoms with Gasteiger partial charge in [0, 0.05) is 11.3 Å². The Morgan fingerprint density at radius 2 is 1.69 bits per heavy atom. The van der Waals surface area contributed by atoms with Gasteiger partial charge in [0.2, 0.25) is 0 Å². The fourth-order valence-corrected chi connectivity index (χ4v) is 3.71. The number of anilines is 1. The summed E-state index contributed by atoms with van der Waals surface area (Å²) in [5.74, 6) is 0.674. The normalized spacial score (nSPS) is 11.5. The number of sulfonamides is 1. The highest BCUT2D eigenvalue weighted by Crippen LogP contribution is 2.25. The van der Waals surface area contributed by atoms with Crippen LogP contribution in [-0.2, 0) is 10.0 Å². The molecule has 0 spiro atoms. The third-order valence-electron chi connectivity index (χ3n) is 3.92. The van der Waals surface area contributed by atoms with E-state index in [2.05, 4.69) is 14.7 Å². The lowest BCUT2D eigenvalue weighted by Gasteiger charge is -2.09. The Morgan fingerprint density at radius 3 is 2.46 bits per heavy atom. The number of nitrogens with zero attached hydrogens (tertiary/aromatic N) is 1. The lowest BCUT2D eigenvalue weighted by atomic mass is 10.2. The van der Waals surface area contributed by atoms with Crippen molar-refractivity contribution in [2.45, 2.75) is 4.90 Å². The zero-order valence-corrected chi connectivity index (χ0v) is 14.4. The van der Waals surface area contributed by atoms with Gasteiger partial charge in [-0.1, -0.05) is 24.3 Å². The van der Waals surface area contributed by atoms with Gasteiger partial charge in [0.1, 0.15) is 11.6 Å². The van der Waals surface area contributed by atoms with E-state index in [9.17, 15) is 13.5 Å². The SMILES string of the molecule is O=S(=O)(Nc1cccc(-c2nc3ccccc3[nH]2)c1)c1ccc(O)cc1. The molecule has 0 fully saturated rings. The molecule has 26 heavy (non-hydrogen) atoms. The van der Waals surface area contributed by atoms with Crippen molar-refractivity contribution in [3.63, 3.8) is 0 Å². The van der Waals surface area contributed by atoms with Crippen molar-refractivity contribution in [3.05, 3.63) is 72.8 Å². The molecule has 0 amide bonds. The smallest absolute Gasteiger partial charge is 0.261 e. The Balaban J connectivity index is 1.66. The van der Waals surface area contributed by atoms with E-state index >= 15 is 0 Å². The number of hydrogen-bond donors (Lipinski definition) is 3. The number of aromatic hydroxyl groups is 1. The highest BCUT2D eigenvalue weighted by atomic mass is 32.2. The number of benzene rings is 3. The fourth-order valence-electron chi connectivity index (χ4n) is 2.66. The van der Waals surface area contributed by atoms with Crippen LogP contribution in [0.2, 0.25) is 0 Å². The number of fused-ring (bicyclic) bond motifs is 1. The van der Waals surface area contributed by atoms with Crippen LogP contribution in [0.4, 0.5) is 5.69 Å². The van der Waals surface area contributed by atoms with E-state index in [0.29, 0.717) is 11.5 Å². The molecule has 0 saturated carbocycles. The van der Waals surface area contributed by atoms with Gasteiger partial charge in [0.25, 0.3) is 10.0 Å². The van der Waals surface area contributed by atoms with Crippen LogP contribution >= 0.6 is 0 Å². The van der Waals surface area contributed by atoms with E-state index in [4.69, 9.17) is 0 Å². The topological polar surface area (TPSA) is 95.1 Å². The maximum atomic E-state index is 12.5. The van der Waals surface area contributed by atoms with Gasteiger partial charge < -0.3 is 10.1 Å². The van der Waals surface area contributed by atoms with Crippen LogP contribution in [0.15, 0.2) is 77.7 Å². The maximum Gasteiger partial charge on any atom is 0.261 e. The molecule has 1 heterocycles. The number of aromatic amines is 1. The van der Waals surface area contributed by atoms with E-state index in [0.717, 1.165) is 16.6 Å². The maximum absolute atomic E-state index is 12.5. The summed E-state index contributed by atoms with van der Waals surface area (Å²) in [6, 6.07) is 20.0. The predicted molar refractivity (Wildman–Crippen MR) is 100 cm³/mol. The summed E-state index contributed by atoms with van der Waals surface area (Å²) >= 11 is 0. The largest absolute Gasteiger partial charge is 0.508 e. The molecule has 0 radical (unpaired) electrons. The van der Waals surface area contributed by atoms with Crippen LogP contribution in [0, 0.1) is 0 Å². The number of aromatic nitrogens is 2. The second-order valence-electron chi connectivity index (χ2n) is 5.78. The number of hydrogen-bond acceptors (Lipinski definition) is 4. The lowest BCUT2D eigenvalue weighted by Crippen LogP contribution is -2.12. The molecule has 0 aliphatic heterocycles. The number of H-pyrrole nitrogens is 1. The van der Waals surface area contributed by atoms with Crippen molar-refractivity contribution < 1.29 is 13.5 Å². The molecule has 0 unspecified atom stereocenters. The van der Waals surface area contributed by atoms with E-state index in [1.165, 1.54) is 24.3 Å². The number of imidazole rings is 1. The Labute approximate surface area is 150 Å². The molecule has 7 heteroatoms. The fraction of sp³-hybridized carbons (Fsp3) is 0. The quantitative estimate of drug-likeness (QED) is 0.513. The van der Waals surface area contributed by atoms with E-state index in [-0.39, 0.29) is 10.6 Å². The van der Waals surface area contributed by atoms with Gasteiger partial charge >= 0.3 is 0 Å². The Kier molecular flexibility index (Phi) is 3.85. The third kappa shape index (κ3) is 3.12. The first-order valence-corrected chi connectivity index (χ1v) is 9.37.